The minimum absolute atomic E-state index is 0.249. The van der Waals surface area contributed by atoms with Crippen molar-refractivity contribution in [2.75, 3.05) is 19.7 Å². The fourth-order valence-corrected chi connectivity index (χ4v) is 2.93. The zero-order valence-corrected chi connectivity index (χ0v) is 13.4. The lowest BCUT2D eigenvalue weighted by molar-refractivity contribution is 0.0893. The van der Waals surface area contributed by atoms with Crippen molar-refractivity contribution in [2.45, 2.75) is 24.9 Å². The lowest BCUT2D eigenvalue weighted by Gasteiger charge is -2.17. The number of benzene rings is 1. The molecule has 0 spiro atoms. The topological polar surface area (TPSA) is 92.1 Å². The van der Waals surface area contributed by atoms with Gasteiger partial charge in [0.25, 0.3) is 12.3 Å². The predicted molar refractivity (Wildman–Crippen MR) is 85.2 cm³/mol. The Morgan fingerprint density at radius 3 is 2.76 bits per heavy atom. The first-order chi connectivity index (χ1) is 12.1. The molecule has 3 N–H and O–H groups in total. The molecule has 1 amide bonds. The highest BCUT2D eigenvalue weighted by molar-refractivity contribution is 5.93. The van der Waals surface area contributed by atoms with Gasteiger partial charge in [-0.25, -0.2) is 13.5 Å². The number of nitrogens with zero attached hydrogens (tertiary/aromatic N) is 3. The molecule has 1 aromatic heterocycles. The fraction of sp³-hybridized carbons (Fsp3) is 0.438. The summed E-state index contributed by atoms with van der Waals surface area (Å²) in [6.45, 7) is 0.850. The van der Waals surface area contributed by atoms with Gasteiger partial charge in [0.05, 0.1) is 18.7 Å². The van der Waals surface area contributed by atoms with Gasteiger partial charge in [-0.05, 0) is 18.5 Å². The second-order valence-electron chi connectivity index (χ2n) is 5.83. The molecule has 2 atom stereocenters. The van der Waals surface area contributed by atoms with Gasteiger partial charge >= 0.3 is 0 Å². The molecule has 1 aromatic carbocycles. The Balaban J connectivity index is 1.84. The van der Waals surface area contributed by atoms with Crippen LogP contribution in [0, 0.1) is 0 Å². The average molecular weight is 351 g/mol. The Bertz CT molecular complexity index is 717. The van der Waals surface area contributed by atoms with Crippen LogP contribution < -0.4 is 10.6 Å². The molecule has 0 bridgehead atoms. The number of rotatable bonds is 6. The summed E-state index contributed by atoms with van der Waals surface area (Å²) >= 11 is 0. The van der Waals surface area contributed by atoms with Crippen molar-refractivity contribution in [3.63, 3.8) is 0 Å². The number of halogens is 2. The Labute approximate surface area is 143 Å². The standard InChI is InChI=1S/C16H19F2N5O2/c17-15(18)14-13(21-22-23(14)11-6-7-19-8-11)16(25)20-12(9-24)10-4-2-1-3-5-10/h1-5,11-12,15,19,24H,6-9H2,(H,20,25)/t11?,12-/m0/s1. The highest BCUT2D eigenvalue weighted by Gasteiger charge is 2.31. The van der Waals surface area contributed by atoms with Crippen LogP contribution in [0.3, 0.4) is 0 Å². The van der Waals surface area contributed by atoms with Crippen molar-refractivity contribution in [1.82, 2.24) is 25.6 Å². The summed E-state index contributed by atoms with van der Waals surface area (Å²) in [5.74, 6) is -0.782. The van der Waals surface area contributed by atoms with E-state index in [1.54, 1.807) is 30.3 Å². The number of aromatic nitrogens is 3. The Morgan fingerprint density at radius 1 is 1.40 bits per heavy atom. The summed E-state index contributed by atoms with van der Waals surface area (Å²) in [6, 6.07) is 7.83. The van der Waals surface area contributed by atoms with Gasteiger partial charge < -0.3 is 15.7 Å². The minimum atomic E-state index is -2.87. The third kappa shape index (κ3) is 3.67. The van der Waals surface area contributed by atoms with E-state index in [-0.39, 0.29) is 12.6 Å². The van der Waals surface area contributed by atoms with E-state index in [1.165, 1.54) is 0 Å². The maximum Gasteiger partial charge on any atom is 0.282 e. The van der Waals surface area contributed by atoms with Gasteiger partial charge in [-0.3, -0.25) is 4.79 Å². The molecule has 134 valence electrons. The van der Waals surface area contributed by atoms with Crippen LogP contribution in [-0.2, 0) is 0 Å². The van der Waals surface area contributed by atoms with Crippen LogP contribution in [0.1, 0.15) is 46.7 Å². The molecule has 2 aromatic rings. The molecule has 2 heterocycles. The van der Waals surface area contributed by atoms with Crippen molar-refractivity contribution < 1.29 is 18.7 Å². The molecule has 9 heteroatoms. The number of aliphatic hydroxyl groups excluding tert-OH is 1. The SMILES string of the molecule is O=C(N[C@@H](CO)c1ccccc1)c1nnn(C2CCNC2)c1C(F)F. The van der Waals surface area contributed by atoms with Crippen LogP contribution in [0.25, 0.3) is 0 Å². The molecule has 0 saturated carbocycles. The molecule has 3 rings (SSSR count). The molecular weight excluding hydrogens is 332 g/mol. The van der Waals surface area contributed by atoms with E-state index in [9.17, 15) is 18.7 Å². The third-order valence-electron chi connectivity index (χ3n) is 4.22. The van der Waals surface area contributed by atoms with E-state index in [2.05, 4.69) is 20.9 Å². The van der Waals surface area contributed by atoms with Crippen molar-refractivity contribution >= 4 is 5.91 Å². The predicted octanol–water partition coefficient (Wildman–Crippen LogP) is 1.21. The lowest BCUT2D eigenvalue weighted by Crippen LogP contribution is -2.32. The minimum Gasteiger partial charge on any atom is -0.394 e. The van der Waals surface area contributed by atoms with Crippen LogP contribution in [0.15, 0.2) is 30.3 Å². The molecule has 1 unspecified atom stereocenters. The van der Waals surface area contributed by atoms with Gasteiger partial charge in [0.2, 0.25) is 0 Å². The number of aliphatic hydroxyl groups is 1. The molecule has 1 saturated heterocycles. The van der Waals surface area contributed by atoms with E-state index >= 15 is 0 Å². The van der Waals surface area contributed by atoms with Crippen molar-refractivity contribution in [1.29, 1.82) is 0 Å². The first-order valence-electron chi connectivity index (χ1n) is 8.02. The van der Waals surface area contributed by atoms with Gasteiger partial charge in [-0.2, -0.15) is 0 Å². The van der Waals surface area contributed by atoms with E-state index < -0.39 is 29.8 Å². The number of alkyl halides is 2. The molecule has 25 heavy (non-hydrogen) atoms. The normalized spacial score (nSPS) is 18.5. The summed E-state index contributed by atoms with van der Waals surface area (Å²) in [4.78, 5) is 12.5. The number of nitrogens with one attached hydrogen (secondary N) is 2. The van der Waals surface area contributed by atoms with E-state index in [4.69, 9.17) is 0 Å². The number of carbonyl (C=O) groups excluding carboxylic acids is 1. The van der Waals surface area contributed by atoms with E-state index in [0.717, 1.165) is 4.68 Å². The highest BCUT2D eigenvalue weighted by atomic mass is 19.3. The summed E-state index contributed by atoms with van der Waals surface area (Å²) in [6.07, 6.45) is -2.23. The van der Waals surface area contributed by atoms with Gasteiger partial charge in [0.1, 0.15) is 5.69 Å². The van der Waals surface area contributed by atoms with Crippen LogP contribution in [0.4, 0.5) is 8.78 Å². The second kappa shape index (κ2) is 7.66. The Morgan fingerprint density at radius 2 is 2.16 bits per heavy atom. The summed E-state index contributed by atoms with van der Waals surface area (Å²) in [5, 5.41) is 22.6. The lowest BCUT2D eigenvalue weighted by atomic mass is 10.1. The maximum atomic E-state index is 13.5. The smallest absolute Gasteiger partial charge is 0.282 e. The van der Waals surface area contributed by atoms with Gasteiger partial charge in [0, 0.05) is 6.54 Å². The summed E-state index contributed by atoms with van der Waals surface area (Å²) < 4.78 is 28.2. The fourth-order valence-electron chi connectivity index (χ4n) is 2.93. The zero-order valence-electron chi connectivity index (χ0n) is 13.4. The van der Waals surface area contributed by atoms with Crippen LogP contribution in [0.2, 0.25) is 0 Å². The summed E-state index contributed by atoms with van der Waals surface area (Å²) in [7, 11) is 0. The molecule has 0 aliphatic carbocycles. The molecule has 1 aliphatic heterocycles. The van der Waals surface area contributed by atoms with Gasteiger partial charge in [-0.1, -0.05) is 35.5 Å². The number of hydrogen-bond acceptors (Lipinski definition) is 5. The number of carbonyl (C=O) groups is 1. The average Bonchev–Trinajstić information content (AvgIpc) is 3.28. The van der Waals surface area contributed by atoms with Crippen molar-refractivity contribution in [3.05, 3.63) is 47.3 Å². The van der Waals surface area contributed by atoms with Crippen LogP contribution in [0.5, 0.6) is 0 Å². The monoisotopic (exact) mass is 351 g/mol. The number of amides is 1. The quantitative estimate of drug-likeness (QED) is 0.728. The first kappa shape index (κ1) is 17.4. The van der Waals surface area contributed by atoms with Crippen LogP contribution >= 0.6 is 0 Å². The van der Waals surface area contributed by atoms with Crippen molar-refractivity contribution in [2.24, 2.45) is 0 Å². The number of hydrogen-bond donors (Lipinski definition) is 3. The van der Waals surface area contributed by atoms with Crippen molar-refractivity contribution in [3.8, 4) is 0 Å². The van der Waals surface area contributed by atoms with Gasteiger partial charge in [-0.15, -0.1) is 5.10 Å². The Hall–Kier alpha value is -2.39. The third-order valence-corrected chi connectivity index (χ3v) is 4.22. The second-order valence-corrected chi connectivity index (χ2v) is 5.83. The highest BCUT2D eigenvalue weighted by Crippen LogP contribution is 2.27. The van der Waals surface area contributed by atoms with Crippen LogP contribution in [-0.4, -0.2) is 45.7 Å². The zero-order chi connectivity index (χ0) is 17.8. The molecule has 0 radical (unpaired) electrons. The van der Waals surface area contributed by atoms with E-state index in [1.807, 2.05) is 0 Å². The van der Waals surface area contributed by atoms with Gasteiger partial charge in [0.15, 0.2) is 5.69 Å². The maximum absolute atomic E-state index is 13.5. The molecule has 1 fully saturated rings. The summed E-state index contributed by atoms with van der Waals surface area (Å²) in [5.41, 5.74) is -0.225. The first-order valence-corrected chi connectivity index (χ1v) is 8.02. The largest absolute Gasteiger partial charge is 0.394 e. The molecule has 1 aliphatic rings. The Kier molecular flexibility index (Phi) is 5.34. The molecular formula is C16H19F2N5O2. The van der Waals surface area contributed by atoms with E-state index in [0.29, 0.717) is 25.1 Å². The molecule has 7 nitrogen and oxygen atoms in total.